The number of rotatable bonds is 4. The van der Waals surface area contributed by atoms with Crippen LogP contribution in [0.3, 0.4) is 0 Å². The van der Waals surface area contributed by atoms with Crippen molar-refractivity contribution in [2.24, 2.45) is 0 Å². The van der Waals surface area contributed by atoms with E-state index in [0.717, 1.165) is 6.26 Å². The van der Waals surface area contributed by atoms with Gasteiger partial charge in [-0.3, -0.25) is 0 Å². The van der Waals surface area contributed by atoms with Crippen LogP contribution in [0.4, 0.5) is 8.78 Å². The molecule has 0 aliphatic carbocycles. The Labute approximate surface area is 78.8 Å². The van der Waals surface area contributed by atoms with Crippen LogP contribution >= 0.6 is 0 Å². The van der Waals surface area contributed by atoms with E-state index in [1.165, 1.54) is 0 Å². The Kier molecular flexibility index (Phi) is 3.55. The van der Waals surface area contributed by atoms with Gasteiger partial charge in [0.2, 0.25) is 6.43 Å². The first-order chi connectivity index (χ1) is 6.65. The van der Waals surface area contributed by atoms with Gasteiger partial charge in [0.05, 0.1) is 13.0 Å². The number of halogens is 2. The molecule has 4 nitrogen and oxygen atoms in total. The van der Waals surface area contributed by atoms with Gasteiger partial charge < -0.3 is 9.26 Å². The van der Waals surface area contributed by atoms with E-state index in [4.69, 9.17) is 0 Å². The van der Waals surface area contributed by atoms with Crippen molar-refractivity contribution >= 4 is 5.97 Å². The Bertz CT molecular complexity index is 311. The third-order valence-electron chi connectivity index (χ3n) is 1.49. The standard InChI is InChI=1S/C8H9F2NO3/c1-2-13-8(12)5-4-14-11-6(5)3-7(9)10/h4,7H,2-3H2,1H3. The third-order valence-corrected chi connectivity index (χ3v) is 1.49. The number of carbonyl (C=O) groups is 1. The zero-order valence-electron chi connectivity index (χ0n) is 7.50. The lowest BCUT2D eigenvalue weighted by Gasteiger charge is -2.00. The van der Waals surface area contributed by atoms with Gasteiger partial charge in [0.25, 0.3) is 0 Å². The van der Waals surface area contributed by atoms with Crippen molar-refractivity contribution in [2.45, 2.75) is 19.8 Å². The highest BCUT2D eigenvalue weighted by Crippen LogP contribution is 2.12. The average molecular weight is 205 g/mol. The number of alkyl halides is 2. The molecule has 0 spiro atoms. The summed E-state index contributed by atoms with van der Waals surface area (Å²) in [5.74, 6) is -0.690. The predicted octanol–water partition coefficient (Wildman–Crippen LogP) is 1.66. The predicted molar refractivity (Wildman–Crippen MR) is 42.2 cm³/mol. The van der Waals surface area contributed by atoms with Gasteiger partial charge in [0.15, 0.2) is 0 Å². The molecule has 0 bridgehead atoms. The van der Waals surface area contributed by atoms with Crippen molar-refractivity contribution < 1.29 is 22.8 Å². The second-order valence-electron chi connectivity index (χ2n) is 2.49. The second-order valence-corrected chi connectivity index (χ2v) is 2.49. The highest BCUT2D eigenvalue weighted by Gasteiger charge is 2.19. The largest absolute Gasteiger partial charge is 0.462 e. The Balaban J connectivity index is 2.76. The molecule has 0 amide bonds. The molecule has 78 valence electrons. The van der Waals surface area contributed by atoms with Gasteiger partial charge in [0, 0.05) is 0 Å². The van der Waals surface area contributed by atoms with E-state index in [-0.39, 0.29) is 17.9 Å². The van der Waals surface area contributed by atoms with E-state index in [1.807, 2.05) is 0 Å². The molecule has 0 unspecified atom stereocenters. The van der Waals surface area contributed by atoms with Crippen LogP contribution in [0, 0.1) is 0 Å². The fourth-order valence-electron chi connectivity index (χ4n) is 0.928. The number of hydrogen-bond acceptors (Lipinski definition) is 4. The minimum Gasteiger partial charge on any atom is -0.462 e. The van der Waals surface area contributed by atoms with Crippen molar-refractivity contribution in [2.75, 3.05) is 6.61 Å². The van der Waals surface area contributed by atoms with Crippen molar-refractivity contribution in [1.29, 1.82) is 0 Å². The molecular weight excluding hydrogens is 196 g/mol. The van der Waals surface area contributed by atoms with E-state index in [1.54, 1.807) is 6.92 Å². The summed E-state index contributed by atoms with van der Waals surface area (Å²) >= 11 is 0. The lowest BCUT2D eigenvalue weighted by atomic mass is 10.2. The van der Waals surface area contributed by atoms with Gasteiger partial charge in [-0.2, -0.15) is 0 Å². The maximum absolute atomic E-state index is 12.0. The highest BCUT2D eigenvalue weighted by molar-refractivity contribution is 5.90. The highest BCUT2D eigenvalue weighted by atomic mass is 19.3. The second kappa shape index (κ2) is 4.69. The number of aromatic nitrogens is 1. The maximum atomic E-state index is 12.0. The summed E-state index contributed by atoms with van der Waals surface area (Å²) < 4.78 is 33.0. The first-order valence-electron chi connectivity index (χ1n) is 4.03. The monoisotopic (exact) mass is 205 g/mol. The molecule has 0 atom stereocenters. The molecule has 0 radical (unpaired) electrons. The van der Waals surface area contributed by atoms with E-state index in [2.05, 4.69) is 14.4 Å². The number of nitrogens with zero attached hydrogens (tertiary/aromatic N) is 1. The van der Waals surface area contributed by atoms with Gasteiger partial charge in [-0.15, -0.1) is 0 Å². The van der Waals surface area contributed by atoms with Gasteiger partial charge in [-0.1, -0.05) is 5.16 Å². The van der Waals surface area contributed by atoms with Crippen molar-refractivity contribution in [3.05, 3.63) is 17.5 Å². The normalized spacial score (nSPS) is 10.6. The molecule has 0 fully saturated rings. The first kappa shape index (κ1) is 10.6. The van der Waals surface area contributed by atoms with Crippen molar-refractivity contribution in [1.82, 2.24) is 5.16 Å². The minimum absolute atomic E-state index is 0.0350. The summed E-state index contributed by atoms with van der Waals surface area (Å²) in [4.78, 5) is 11.1. The van der Waals surface area contributed by atoms with E-state index in [9.17, 15) is 13.6 Å². The Hall–Kier alpha value is -1.46. The molecule has 1 heterocycles. The molecule has 1 aromatic heterocycles. The summed E-state index contributed by atoms with van der Waals surface area (Å²) in [6.45, 7) is 1.80. The van der Waals surface area contributed by atoms with Crippen LogP contribution in [0.15, 0.2) is 10.8 Å². The summed E-state index contributed by atoms with van der Waals surface area (Å²) in [7, 11) is 0. The van der Waals surface area contributed by atoms with Crippen LogP contribution in [0.1, 0.15) is 23.0 Å². The molecule has 6 heteroatoms. The van der Waals surface area contributed by atoms with E-state index < -0.39 is 18.8 Å². The SMILES string of the molecule is CCOC(=O)c1conc1CC(F)F. The molecule has 0 aliphatic heterocycles. The minimum atomic E-state index is -2.56. The molecule has 0 aliphatic rings. The lowest BCUT2D eigenvalue weighted by Crippen LogP contribution is -2.08. The van der Waals surface area contributed by atoms with Crippen LogP contribution in [0.25, 0.3) is 0 Å². The smallest absolute Gasteiger partial charge is 0.343 e. The van der Waals surface area contributed by atoms with Crippen molar-refractivity contribution in [3.63, 3.8) is 0 Å². The summed E-state index contributed by atoms with van der Waals surface area (Å²) in [6, 6.07) is 0. The number of esters is 1. The molecule has 0 aromatic carbocycles. The lowest BCUT2D eigenvalue weighted by molar-refractivity contribution is 0.0523. The fourth-order valence-corrected chi connectivity index (χ4v) is 0.928. The molecule has 0 N–H and O–H groups in total. The zero-order chi connectivity index (χ0) is 10.6. The van der Waals surface area contributed by atoms with Crippen LogP contribution in [0.2, 0.25) is 0 Å². The van der Waals surface area contributed by atoms with Gasteiger partial charge in [0.1, 0.15) is 17.5 Å². The Morgan fingerprint density at radius 3 is 3.00 bits per heavy atom. The molecule has 0 saturated carbocycles. The van der Waals surface area contributed by atoms with Gasteiger partial charge in [-0.05, 0) is 6.92 Å². The fraction of sp³-hybridized carbons (Fsp3) is 0.500. The molecule has 1 rings (SSSR count). The summed E-state index contributed by atoms with van der Waals surface area (Å²) in [6.07, 6.45) is -2.16. The molecular formula is C8H9F2NO3. The van der Waals surface area contributed by atoms with Crippen LogP contribution in [0.5, 0.6) is 0 Å². The van der Waals surface area contributed by atoms with Crippen LogP contribution < -0.4 is 0 Å². The van der Waals surface area contributed by atoms with Gasteiger partial charge in [-0.25, -0.2) is 13.6 Å². The summed E-state index contributed by atoms with van der Waals surface area (Å²) in [5.41, 5.74) is -0.106. The number of hydrogen-bond donors (Lipinski definition) is 0. The number of carbonyl (C=O) groups excluding carboxylic acids is 1. The topological polar surface area (TPSA) is 52.3 Å². The first-order valence-corrected chi connectivity index (χ1v) is 4.03. The van der Waals surface area contributed by atoms with Crippen LogP contribution in [-0.2, 0) is 11.2 Å². The molecule has 0 saturated heterocycles. The van der Waals surface area contributed by atoms with Crippen molar-refractivity contribution in [3.8, 4) is 0 Å². The Morgan fingerprint density at radius 1 is 1.71 bits per heavy atom. The van der Waals surface area contributed by atoms with Gasteiger partial charge >= 0.3 is 5.97 Å². The van der Waals surface area contributed by atoms with Crippen LogP contribution in [-0.4, -0.2) is 24.2 Å². The molecule has 14 heavy (non-hydrogen) atoms. The maximum Gasteiger partial charge on any atom is 0.343 e. The number of ether oxygens (including phenoxy) is 1. The Morgan fingerprint density at radius 2 is 2.43 bits per heavy atom. The van der Waals surface area contributed by atoms with E-state index in [0.29, 0.717) is 0 Å². The average Bonchev–Trinajstić information content (AvgIpc) is 2.51. The van der Waals surface area contributed by atoms with E-state index >= 15 is 0 Å². The molecule has 1 aromatic rings. The summed E-state index contributed by atoms with van der Waals surface area (Å²) in [5, 5.41) is 3.30. The zero-order valence-corrected chi connectivity index (χ0v) is 7.50. The quantitative estimate of drug-likeness (QED) is 0.701. The third kappa shape index (κ3) is 2.51.